The Morgan fingerprint density at radius 2 is 1.69 bits per heavy atom. The van der Waals surface area contributed by atoms with E-state index in [1.807, 2.05) is 72.6 Å². The van der Waals surface area contributed by atoms with Crippen molar-refractivity contribution in [3.05, 3.63) is 123 Å². The van der Waals surface area contributed by atoms with Crippen molar-refractivity contribution >= 4 is 74.4 Å². The van der Waals surface area contributed by atoms with Gasteiger partial charge in [-0.2, -0.15) is 0 Å². The molecule has 0 aliphatic carbocycles. The molecule has 1 N–H and O–H groups in total. The van der Waals surface area contributed by atoms with Gasteiger partial charge in [0, 0.05) is 39.3 Å². The molecule has 0 unspecified atom stereocenters. The first kappa shape index (κ1) is 31.1. The smallest absolute Gasteiger partial charge is 0.338 e. The molecule has 4 aliphatic heterocycles. The molecule has 8 nitrogen and oxygen atoms in total. The van der Waals surface area contributed by atoms with Gasteiger partial charge < -0.3 is 10.1 Å². The van der Waals surface area contributed by atoms with Crippen LogP contribution in [-0.2, 0) is 24.7 Å². The number of rotatable bonds is 4. The highest BCUT2D eigenvalue weighted by Crippen LogP contribution is 2.67. The Morgan fingerprint density at radius 3 is 2.46 bits per heavy atom. The van der Waals surface area contributed by atoms with Crippen LogP contribution in [0.4, 0.5) is 5.69 Å². The lowest BCUT2D eigenvalue weighted by atomic mass is 9.71. The highest BCUT2D eigenvalue weighted by atomic mass is 35.5. The number of likely N-dealkylation sites (N-methyl/N-ethyl adjacent to an activating group) is 1. The molecule has 2 amide bonds. The van der Waals surface area contributed by atoms with Crippen LogP contribution in [0.15, 0.2) is 101 Å². The number of nitrogens with zero attached hydrogens (tertiary/aromatic N) is 3. The molecule has 0 bridgehead atoms. The summed E-state index contributed by atoms with van der Waals surface area (Å²) in [4.78, 5) is 52.8. The zero-order chi connectivity index (χ0) is 33.5. The molecule has 4 aromatic carbocycles. The molecule has 242 valence electrons. The van der Waals surface area contributed by atoms with Crippen molar-refractivity contribution < 1.29 is 19.1 Å². The van der Waals surface area contributed by atoms with Crippen molar-refractivity contribution in [2.75, 3.05) is 25.5 Å². The second-order valence-corrected chi connectivity index (χ2v) is 14.4. The maximum atomic E-state index is 15.9. The van der Waals surface area contributed by atoms with Gasteiger partial charge in [0.05, 0.1) is 17.9 Å². The molecule has 2 saturated heterocycles. The van der Waals surface area contributed by atoms with Crippen molar-refractivity contribution in [1.82, 2.24) is 9.80 Å². The predicted molar refractivity (Wildman–Crippen MR) is 189 cm³/mol. The predicted octanol–water partition coefficient (Wildman–Crippen LogP) is 7.29. The van der Waals surface area contributed by atoms with E-state index in [1.54, 1.807) is 32.0 Å². The standard InChI is InChI=1S/C37H30Cl2N4O4S/c1-4-47-32(44)29-20(2)40-35-43(31(29)30-26(38)16-10-17-27(30)39)34(46)37(48-35)25(23-14-9-12-21-11-5-6-13-22(21)23)19-42(3)36(37)24-15-7-8-18-28(24)41-33(36)45/h5-18,25,31H,4,19H2,1-3H3,(H,41,45)/t25-,31+,36+,37-/m0/s1. The summed E-state index contributed by atoms with van der Waals surface area (Å²) in [6, 6.07) is 25.7. The number of carbonyl (C=O) groups excluding carboxylic acids is 3. The highest BCUT2D eigenvalue weighted by molar-refractivity contribution is 8.16. The summed E-state index contributed by atoms with van der Waals surface area (Å²) in [5.74, 6) is -1.76. The van der Waals surface area contributed by atoms with E-state index in [2.05, 4.69) is 11.4 Å². The van der Waals surface area contributed by atoms with Crippen molar-refractivity contribution in [3.63, 3.8) is 0 Å². The maximum absolute atomic E-state index is 15.9. The number of aliphatic imine (C=N–C) groups is 1. The fraction of sp³-hybridized carbons (Fsp3) is 0.243. The number of amidine groups is 1. The number of fused-ring (bicyclic) bond motifs is 5. The Bertz CT molecular complexity index is 2130. The summed E-state index contributed by atoms with van der Waals surface area (Å²) in [6.07, 6.45) is 0. The first-order valence-electron chi connectivity index (χ1n) is 15.7. The lowest BCUT2D eigenvalue weighted by Gasteiger charge is -2.42. The van der Waals surface area contributed by atoms with Crippen LogP contribution in [-0.4, -0.2) is 57.7 Å². The molecule has 0 aromatic heterocycles. The topological polar surface area (TPSA) is 91.3 Å². The number of likely N-dealkylation sites (tertiary alicyclic amines) is 1. The van der Waals surface area contributed by atoms with Gasteiger partial charge >= 0.3 is 5.97 Å². The normalized spacial score (nSPS) is 26.4. The van der Waals surface area contributed by atoms with E-state index in [0.717, 1.165) is 16.3 Å². The molecule has 48 heavy (non-hydrogen) atoms. The second kappa shape index (κ2) is 11.2. The molecule has 0 saturated carbocycles. The molecule has 4 heterocycles. The lowest BCUT2D eigenvalue weighted by molar-refractivity contribution is -0.141. The van der Waals surface area contributed by atoms with Crippen LogP contribution in [0, 0.1) is 0 Å². The molecule has 2 fully saturated rings. The Labute approximate surface area is 291 Å². The Kier molecular flexibility index (Phi) is 7.27. The largest absolute Gasteiger partial charge is 0.463 e. The highest BCUT2D eigenvalue weighted by Gasteiger charge is 2.79. The quantitative estimate of drug-likeness (QED) is 0.226. The second-order valence-electron chi connectivity index (χ2n) is 12.4. The summed E-state index contributed by atoms with van der Waals surface area (Å²) >= 11 is 15.0. The van der Waals surface area contributed by atoms with Gasteiger partial charge in [-0.25, -0.2) is 9.79 Å². The number of esters is 1. The number of nitrogens with one attached hydrogen (secondary N) is 1. The molecule has 2 spiro atoms. The van der Waals surface area contributed by atoms with Crippen LogP contribution in [0.3, 0.4) is 0 Å². The third kappa shape index (κ3) is 3.96. The lowest BCUT2D eigenvalue weighted by Crippen LogP contribution is -2.62. The SMILES string of the molecule is CCOC(=O)C1=C(C)N=C2S[C@]3(C(=O)N2[C@H]1c1c(Cl)cccc1Cl)[C@H](c1cccc2ccccc12)CN(C)[C@]31C(=O)Nc2ccccc21. The van der Waals surface area contributed by atoms with E-state index in [1.165, 1.54) is 16.7 Å². The number of hydrogen-bond acceptors (Lipinski definition) is 7. The monoisotopic (exact) mass is 696 g/mol. The summed E-state index contributed by atoms with van der Waals surface area (Å²) in [5.41, 5.74) is 1.82. The zero-order valence-corrected chi connectivity index (χ0v) is 28.6. The van der Waals surface area contributed by atoms with Gasteiger partial charge in [0.25, 0.3) is 5.91 Å². The minimum Gasteiger partial charge on any atom is -0.463 e. The van der Waals surface area contributed by atoms with Gasteiger partial charge in [-0.05, 0) is 55.4 Å². The van der Waals surface area contributed by atoms with Crippen molar-refractivity contribution in [2.45, 2.75) is 36.1 Å². The van der Waals surface area contributed by atoms with E-state index in [9.17, 15) is 9.59 Å². The molecule has 11 heteroatoms. The number of allylic oxidation sites excluding steroid dienone is 1. The molecular weight excluding hydrogens is 667 g/mol. The summed E-state index contributed by atoms with van der Waals surface area (Å²) in [5, 5.41) is 6.06. The van der Waals surface area contributed by atoms with E-state index in [0.29, 0.717) is 34.2 Å². The van der Waals surface area contributed by atoms with Crippen LogP contribution in [0.25, 0.3) is 10.8 Å². The van der Waals surface area contributed by atoms with Crippen LogP contribution in [0.2, 0.25) is 10.0 Å². The molecule has 8 rings (SSSR count). The average molecular weight is 698 g/mol. The fourth-order valence-electron chi connectivity index (χ4n) is 8.24. The number of carbonyl (C=O) groups is 3. The van der Waals surface area contributed by atoms with Crippen LogP contribution in [0.1, 0.15) is 42.5 Å². The Hall–Kier alpha value is -4.15. The molecule has 4 aliphatic rings. The minimum atomic E-state index is -1.46. The first-order valence-corrected chi connectivity index (χ1v) is 17.3. The van der Waals surface area contributed by atoms with Crippen LogP contribution < -0.4 is 5.32 Å². The van der Waals surface area contributed by atoms with E-state index >= 15 is 4.79 Å². The number of hydrogen-bond donors (Lipinski definition) is 1. The number of ether oxygens (including phenoxy) is 1. The molecule has 4 aromatic rings. The number of halogens is 2. The molecule has 0 radical (unpaired) electrons. The maximum Gasteiger partial charge on any atom is 0.338 e. The van der Waals surface area contributed by atoms with Crippen molar-refractivity contribution in [1.29, 1.82) is 0 Å². The van der Waals surface area contributed by atoms with E-state index < -0.39 is 28.2 Å². The van der Waals surface area contributed by atoms with Gasteiger partial charge in [-0.3, -0.25) is 19.4 Å². The fourth-order valence-corrected chi connectivity index (χ4v) is 10.6. The third-order valence-electron chi connectivity index (χ3n) is 10.1. The number of para-hydroxylation sites is 1. The number of amides is 2. The Morgan fingerprint density at radius 1 is 1.00 bits per heavy atom. The van der Waals surface area contributed by atoms with Crippen molar-refractivity contribution in [2.24, 2.45) is 4.99 Å². The summed E-state index contributed by atoms with van der Waals surface area (Å²) in [6.45, 7) is 3.96. The summed E-state index contributed by atoms with van der Waals surface area (Å²) in [7, 11) is 1.90. The van der Waals surface area contributed by atoms with Gasteiger partial charge in [0.15, 0.2) is 10.7 Å². The van der Waals surface area contributed by atoms with Gasteiger partial charge in [-0.1, -0.05) is 102 Å². The molecular formula is C37H30Cl2N4O4S. The summed E-state index contributed by atoms with van der Waals surface area (Å²) < 4.78 is 4.07. The zero-order valence-electron chi connectivity index (χ0n) is 26.3. The Balaban J connectivity index is 1.43. The van der Waals surface area contributed by atoms with Gasteiger partial charge in [-0.15, -0.1) is 0 Å². The van der Waals surface area contributed by atoms with E-state index in [4.69, 9.17) is 32.9 Å². The first-order chi connectivity index (χ1) is 23.2. The molecule has 4 atom stereocenters. The van der Waals surface area contributed by atoms with Crippen LogP contribution in [0.5, 0.6) is 0 Å². The van der Waals surface area contributed by atoms with Crippen LogP contribution >= 0.6 is 35.0 Å². The number of thioether (sulfide) groups is 1. The van der Waals surface area contributed by atoms with Gasteiger partial charge in [0.1, 0.15) is 10.8 Å². The number of benzene rings is 4. The number of anilines is 1. The van der Waals surface area contributed by atoms with Crippen molar-refractivity contribution in [3.8, 4) is 0 Å². The third-order valence-corrected chi connectivity index (χ3v) is 12.3. The van der Waals surface area contributed by atoms with E-state index in [-0.39, 0.29) is 34.0 Å². The van der Waals surface area contributed by atoms with Gasteiger partial charge in [0.2, 0.25) is 5.91 Å². The minimum absolute atomic E-state index is 0.121. The average Bonchev–Trinajstić information content (AvgIpc) is 3.63.